The molecule has 0 fully saturated rings. The third-order valence-electron chi connectivity index (χ3n) is 2.34. The molecule has 0 aliphatic heterocycles. The maximum Gasteiger partial charge on any atom is 0.137 e. The molecule has 0 aromatic heterocycles. The molecule has 1 unspecified atom stereocenters. The number of hydrogen-bond acceptors (Lipinski definition) is 3. The van der Waals surface area contributed by atoms with Crippen LogP contribution in [0.1, 0.15) is 18.5 Å². The summed E-state index contributed by atoms with van der Waals surface area (Å²) in [6.07, 6.45) is 0. The number of halogens is 1. The zero-order valence-electron chi connectivity index (χ0n) is 9.92. The van der Waals surface area contributed by atoms with Gasteiger partial charge in [0.2, 0.25) is 0 Å². The standard InChI is InChI=1S/C12H18ClNO2/c1-4-16-12-6-5-9(7-10(12)13)11(14-2)8-15-3/h5-7,11,14H,4,8H2,1-3H3. The average Bonchev–Trinajstić information content (AvgIpc) is 2.29. The lowest BCUT2D eigenvalue weighted by molar-refractivity contribution is 0.170. The molecule has 3 nitrogen and oxygen atoms in total. The Bertz CT molecular complexity index is 331. The van der Waals surface area contributed by atoms with Gasteiger partial charge in [0, 0.05) is 7.11 Å². The van der Waals surface area contributed by atoms with Crippen molar-refractivity contribution in [1.82, 2.24) is 5.32 Å². The van der Waals surface area contributed by atoms with Crippen LogP contribution in [0.5, 0.6) is 5.75 Å². The Morgan fingerprint density at radius 3 is 2.69 bits per heavy atom. The van der Waals surface area contributed by atoms with Gasteiger partial charge < -0.3 is 14.8 Å². The fourth-order valence-electron chi connectivity index (χ4n) is 1.52. The van der Waals surface area contributed by atoms with Crippen LogP contribution in [-0.4, -0.2) is 27.4 Å². The van der Waals surface area contributed by atoms with Gasteiger partial charge in [-0.25, -0.2) is 0 Å². The lowest BCUT2D eigenvalue weighted by Gasteiger charge is -2.16. The minimum atomic E-state index is 0.151. The van der Waals surface area contributed by atoms with Crippen molar-refractivity contribution in [1.29, 1.82) is 0 Å². The van der Waals surface area contributed by atoms with Gasteiger partial charge in [-0.3, -0.25) is 0 Å². The predicted molar refractivity (Wildman–Crippen MR) is 66.3 cm³/mol. The van der Waals surface area contributed by atoms with Crippen LogP contribution in [0.4, 0.5) is 0 Å². The summed E-state index contributed by atoms with van der Waals surface area (Å²) >= 11 is 6.12. The Balaban J connectivity index is 2.85. The van der Waals surface area contributed by atoms with Gasteiger partial charge in [0.25, 0.3) is 0 Å². The van der Waals surface area contributed by atoms with Crippen molar-refractivity contribution >= 4 is 11.6 Å². The molecule has 1 aromatic rings. The van der Waals surface area contributed by atoms with E-state index in [2.05, 4.69) is 5.32 Å². The fourth-order valence-corrected chi connectivity index (χ4v) is 1.76. The first-order valence-corrected chi connectivity index (χ1v) is 5.69. The minimum Gasteiger partial charge on any atom is -0.492 e. The third-order valence-corrected chi connectivity index (χ3v) is 2.64. The van der Waals surface area contributed by atoms with Crippen molar-refractivity contribution < 1.29 is 9.47 Å². The molecule has 0 spiro atoms. The van der Waals surface area contributed by atoms with E-state index in [9.17, 15) is 0 Å². The van der Waals surface area contributed by atoms with Crippen LogP contribution in [0, 0.1) is 0 Å². The Morgan fingerprint density at radius 2 is 2.19 bits per heavy atom. The van der Waals surface area contributed by atoms with Gasteiger partial charge in [-0.05, 0) is 31.7 Å². The van der Waals surface area contributed by atoms with Gasteiger partial charge in [-0.1, -0.05) is 17.7 Å². The number of hydrogen-bond donors (Lipinski definition) is 1. The van der Waals surface area contributed by atoms with Crippen LogP contribution in [0.2, 0.25) is 5.02 Å². The lowest BCUT2D eigenvalue weighted by Crippen LogP contribution is -2.21. The molecule has 0 bridgehead atoms. The van der Waals surface area contributed by atoms with Crippen molar-refractivity contribution in [2.45, 2.75) is 13.0 Å². The fraction of sp³-hybridized carbons (Fsp3) is 0.500. The van der Waals surface area contributed by atoms with Gasteiger partial charge in [0.05, 0.1) is 24.3 Å². The van der Waals surface area contributed by atoms with Crippen LogP contribution in [-0.2, 0) is 4.74 Å². The summed E-state index contributed by atoms with van der Waals surface area (Å²) in [5, 5.41) is 3.81. The van der Waals surface area contributed by atoms with Gasteiger partial charge in [-0.2, -0.15) is 0 Å². The first-order chi connectivity index (χ1) is 7.72. The maximum atomic E-state index is 6.12. The number of likely N-dealkylation sites (N-methyl/N-ethyl adjacent to an activating group) is 1. The SMILES string of the molecule is CCOc1ccc(C(COC)NC)cc1Cl. The van der Waals surface area contributed by atoms with Gasteiger partial charge in [-0.15, -0.1) is 0 Å². The summed E-state index contributed by atoms with van der Waals surface area (Å²) in [6, 6.07) is 5.95. The van der Waals surface area contributed by atoms with Crippen molar-refractivity contribution in [3.63, 3.8) is 0 Å². The van der Waals surface area contributed by atoms with E-state index in [0.717, 1.165) is 11.3 Å². The van der Waals surface area contributed by atoms with E-state index in [-0.39, 0.29) is 6.04 Å². The third kappa shape index (κ3) is 3.37. The van der Waals surface area contributed by atoms with Crippen LogP contribution in [0.25, 0.3) is 0 Å². The monoisotopic (exact) mass is 243 g/mol. The molecule has 1 N–H and O–H groups in total. The molecular weight excluding hydrogens is 226 g/mol. The zero-order valence-corrected chi connectivity index (χ0v) is 10.7. The van der Waals surface area contributed by atoms with Crippen molar-refractivity contribution in [3.05, 3.63) is 28.8 Å². The number of ether oxygens (including phenoxy) is 2. The highest BCUT2D eigenvalue weighted by atomic mass is 35.5. The van der Waals surface area contributed by atoms with Gasteiger partial charge in [0.15, 0.2) is 0 Å². The quantitative estimate of drug-likeness (QED) is 0.833. The van der Waals surface area contributed by atoms with Crippen molar-refractivity contribution in [2.75, 3.05) is 27.4 Å². The molecule has 0 aliphatic carbocycles. The second kappa shape index (κ2) is 6.74. The predicted octanol–water partition coefficient (Wildman–Crippen LogP) is 2.65. The second-order valence-corrected chi connectivity index (χ2v) is 3.83. The highest BCUT2D eigenvalue weighted by Crippen LogP contribution is 2.27. The normalized spacial score (nSPS) is 12.5. The summed E-state index contributed by atoms with van der Waals surface area (Å²) in [6.45, 7) is 3.17. The molecule has 0 aliphatic rings. The molecule has 0 saturated carbocycles. The summed E-state index contributed by atoms with van der Waals surface area (Å²) in [5.74, 6) is 0.722. The number of rotatable bonds is 6. The Hall–Kier alpha value is -0.770. The molecular formula is C12H18ClNO2. The first kappa shape index (κ1) is 13.3. The molecule has 0 amide bonds. The zero-order chi connectivity index (χ0) is 12.0. The first-order valence-electron chi connectivity index (χ1n) is 5.31. The molecule has 0 radical (unpaired) electrons. The molecule has 4 heteroatoms. The topological polar surface area (TPSA) is 30.5 Å². The van der Waals surface area contributed by atoms with Crippen LogP contribution < -0.4 is 10.1 Å². The molecule has 90 valence electrons. The summed E-state index contributed by atoms with van der Waals surface area (Å²) in [5.41, 5.74) is 1.10. The highest BCUT2D eigenvalue weighted by Gasteiger charge is 2.11. The lowest BCUT2D eigenvalue weighted by atomic mass is 10.1. The van der Waals surface area contributed by atoms with E-state index >= 15 is 0 Å². The minimum absolute atomic E-state index is 0.151. The van der Waals surface area contributed by atoms with E-state index in [4.69, 9.17) is 21.1 Å². The molecule has 1 aromatic carbocycles. The summed E-state index contributed by atoms with van der Waals surface area (Å²) in [7, 11) is 3.58. The van der Waals surface area contributed by atoms with Gasteiger partial charge >= 0.3 is 0 Å². The number of methoxy groups -OCH3 is 1. The number of benzene rings is 1. The second-order valence-electron chi connectivity index (χ2n) is 3.42. The average molecular weight is 244 g/mol. The van der Waals surface area contributed by atoms with Crippen LogP contribution in [0.3, 0.4) is 0 Å². The Labute approximate surface area is 102 Å². The molecule has 16 heavy (non-hydrogen) atoms. The van der Waals surface area contributed by atoms with Crippen LogP contribution >= 0.6 is 11.6 Å². The van der Waals surface area contributed by atoms with E-state index < -0.39 is 0 Å². The van der Waals surface area contributed by atoms with E-state index in [1.54, 1.807) is 7.11 Å². The maximum absolute atomic E-state index is 6.12. The Kier molecular flexibility index (Phi) is 5.60. The van der Waals surface area contributed by atoms with Crippen molar-refractivity contribution in [3.8, 4) is 5.75 Å². The molecule has 0 saturated heterocycles. The van der Waals surface area contributed by atoms with E-state index in [0.29, 0.717) is 18.2 Å². The van der Waals surface area contributed by atoms with Crippen molar-refractivity contribution in [2.24, 2.45) is 0 Å². The summed E-state index contributed by atoms with van der Waals surface area (Å²) < 4.78 is 10.5. The molecule has 0 heterocycles. The van der Waals surface area contributed by atoms with E-state index in [1.165, 1.54) is 0 Å². The van der Waals surface area contributed by atoms with Crippen LogP contribution in [0.15, 0.2) is 18.2 Å². The largest absolute Gasteiger partial charge is 0.492 e. The molecule has 1 atom stereocenters. The molecule has 1 rings (SSSR count). The number of nitrogens with one attached hydrogen (secondary N) is 1. The van der Waals surface area contributed by atoms with E-state index in [1.807, 2.05) is 32.2 Å². The Morgan fingerprint density at radius 1 is 1.44 bits per heavy atom. The smallest absolute Gasteiger partial charge is 0.137 e. The van der Waals surface area contributed by atoms with Gasteiger partial charge in [0.1, 0.15) is 5.75 Å². The summed E-state index contributed by atoms with van der Waals surface area (Å²) in [4.78, 5) is 0. The highest BCUT2D eigenvalue weighted by molar-refractivity contribution is 6.32.